The number of nitrogens with zero attached hydrogens (tertiary/aromatic N) is 2. The van der Waals surface area contributed by atoms with Crippen LogP contribution in [0.15, 0.2) is 91.0 Å². The van der Waals surface area contributed by atoms with Crippen molar-refractivity contribution in [1.82, 2.24) is 5.32 Å². The van der Waals surface area contributed by atoms with Gasteiger partial charge < -0.3 is 29.9 Å². The van der Waals surface area contributed by atoms with Crippen LogP contribution in [0.25, 0.3) is 0 Å². The van der Waals surface area contributed by atoms with E-state index in [0.29, 0.717) is 35.7 Å². The lowest BCUT2D eigenvalue weighted by Crippen LogP contribution is -2.47. The number of halogens is 1. The SMILES string of the molecule is COc1cccc(C(=O)Nc2ccc(N3CCN(c4ccccc4OC)CC3)c(C(=O)NCc3ccc(F)cc3)c2)c1. The van der Waals surface area contributed by atoms with Gasteiger partial charge in [-0.3, -0.25) is 9.59 Å². The largest absolute Gasteiger partial charge is 0.497 e. The zero-order valence-corrected chi connectivity index (χ0v) is 23.6. The molecule has 216 valence electrons. The molecule has 5 rings (SSSR count). The highest BCUT2D eigenvalue weighted by atomic mass is 19.1. The Bertz CT molecular complexity index is 1550. The fourth-order valence-corrected chi connectivity index (χ4v) is 5.00. The van der Waals surface area contributed by atoms with E-state index in [1.54, 1.807) is 62.8 Å². The Morgan fingerprint density at radius 3 is 2.19 bits per heavy atom. The summed E-state index contributed by atoms with van der Waals surface area (Å²) < 4.78 is 24.1. The van der Waals surface area contributed by atoms with Crippen molar-refractivity contribution in [3.05, 3.63) is 114 Å². The standard InChI is InChI=1S/C33H33FN4O4/c1-41-27-7-5-6-24(20-27)32(39)36-26-14-15-29(28(21-26)33(40)35-22-23-10-12-25(34)13-11-23)37-16-18-38(19-17-37)30-8-3-4-9-31(30)42-2/h3-15,20-21H,16-19,22H2,1-2H3,(H,35,40)(H,36,39). The molecule has 1 aliphatic rings. The number of nitrogens with one attached hydrogen (secondary N) is 2. The van der Waals surface area contributed by atoms with Gasteiger partial charge in [-0.05, 0) is 66.2 Å². The Kier molecular flexibility index (Phi) is 8.87. The number of hydrogen-bond donors (Lipinski definition) is 2. The van der Waals surface area contributed by atoms with Gasteiger partial charge in [0.15, 0.2) is 0 Å². The molecule has 2 N–H and O–H groups in total. The lowest BCUT2D eigenvalue weighted by molar-refractivity contribution is 0.0950. The van der Waals surface area contributed by atoms with Crippen LogP contribution in [0.5, 0.6) is 11.5 Å². The van der Waals surface area contributed by atoms with E-state index in [1.165, 1.54) is 12.1 Å². The maximum absolute atomic E-state index is 13.5. The predicted molar refractivity (Wildman–Crippen MR) is 162 cm³/mol. The molecular formula is C33H33FN4O4. The second-order valence-corrected chi connectivity index (χ2v) is 9.87. The molecule has 1 aliphatic heterocycles. The molecule has 0 aliphatic carbocycles. The van der Waals surface area contributed by atoms with Crippen LogP contribution in [-0.4, -0.2) is 52.2 Å². The number of anilines is 3. The highest BCUT2D eigenvalue weighted by Crippen LogP contribution is 2.31. The summed E-state index contributed by atoms with van der Waals surface area (Å²) in [7, 11) is 3.21. The molecule has 1 fully saturated rings. The van der Waals surface area contributed by atoms with E-state index >= 15 is 0 Å². The molecule has 0 radical (unpaired) electrons. The van der Waals surface area contributed by atoms with Gasteiger partial charge in [0, 0.05) is 49.7 Å². The van der Waals surface area contributed by atoms with Crippen molar-refractivity contribution in [2.75, 3.05) is 55.5 Å². The third kappa shape index (κ3) is 6.63. The number of methoxy groups -OCH3 is 2. The number of para-hydroxylation sites is 2. The summed E-state index contributed by atoms with van der Waals surface area (Å²) in [6.07, 6.45) is 0. The maximum Gasteiger partial charge on any atom is 0.255 e. The molecule has 0 spiro atoms. The first-order chi connectivity index (χ1) is 20.4. The Labute approximate surface area is 244 Å². The van der Waals surface area contributed by atoms with Gasteiger partial charge in [-0.15, -0.1) is 0 Å². The van der Waals surface area contributed by atoms with Crippen LogP contribution < -0.4 is 29.9 Å². The first kappa shape index (κ1) is 28.5. The average molecular weight is 569 g/mol. The van der Waals surface area contributed by atoms with Gasteiger partial charge in [0.1, 0.15) is 17.3 Å². The van der Waals surface area contributed by atoms with Crippen LogP contribution in [0, 0.1) is 5.82 Å². The van der Waals surface area contributed by atoms with Crippen LogP contribution in [0.3, 0.4) is 0 Å². The Hall–Kier alpha value is -5.05. The Balaban J connectivity index is 1.37. The molecule has 8 nitrogen and oxygen atoms in total. The summed E-state index contributed by atoms with van der Waals surface area (Å²) in [5.74, 6) is 0.455. The minimum atomic E-state index is -0.334. The summed E-state index contributed by atoms with van der Waals surface area (Å²) >= 11 is 0. The van der Waals surface area contributed by atoms with Crippen molar-refractivity contribution in [1.29, 1.82) is 0 Å². The van der Waals surface area contributed by atoms with E-state index in [4.69, 9.17) is 9.47 Å². The molecule has 2 amide bonds. The monoisotopic (exact) mass is 568 g/mol. The van der Waals surface area contributed by atoms with Crippen molar-refractivity contribution in [2.45, 2.75) is 6.54 Å². The van der Waals surface area contributed by atoms with Crippen molar-refractivity contribution in [3.8, 4) is 11.5 Å². The lowest BCUT2D eigenvalue weighted by Gasteiger charge is -2.38. The summed E-state index contributed by atoms with van der Waals surface area (Å²) in [4.78, 5) is 31.0. The van der Waals surface area contributed by atoms with Gasteiger partial charge in [0.05, 0.1) is 25.5 Å². The normalized spacial score (nSPS) is 12.9. The third-order valence-corrected chi connectivity index (χ3v) is 7.24. The molecule has 0 unspecified atom stereocenters. The van der Waals surface area contributed by atoms with Crippen molar-refractivity contribution < 1.29 is 23.5 Å². The van der Waals surface area contributed by atoms with E-state index < -0.39 is 0 Å². The predicted octanol–water partition coefficient (Wildman–Crippen LogP) is 5.35. The molecular weight excluding hydrogens is 535 g/mol. The number of amides is 2. The van der Waals surface area contributed by atoms with Gasteiger partial charge in [0.25, 0.3) is 11.8 Å². The van der Waals surface area contributed by atoms with Gasteiger partial charge in [-0.25, -0.2) is 4.39 Å². The number of carbonyl (C=O) groups is 2. The van der Waals surface area contributed by atoms with Crippen LogP contribution in [-0.2, 0) is 6.54 Å². The quantitative estimate of drug-likeness (QED) is 0.283. The molecule has 0 atom stereocenters. The van der Waals surface area contributed by atoms with Gasteiger partial charge >= 0.3 is 0 Å². The lowest BCUT2D eigenvalue weighted by atomic mass is 10.1. The Morgan fingerprint density at radius 1 is 0.762 bits per heavy atom. The smallest absolute Gasteiger partial charge is 0.255 e. The number of carbonyl (C=O) groups excluding carboxylic acids is 2. The molecule has 4 aromatic rings. The van der Waals surface area contributed by atoms with E-state index in [1.807, 2.05) is 30.3 Å². The highest BCUT2D eigenvalue weighted by Gasteiger charge is 2.24. The molecule has 1 saturated heterocycles. The van der Waals surface area contributed by atoms with Crippen molar-refractivity contribution in [3.63, 3.8) is 0 Å². The molecule has 42 heavy (non-hydrogen) atoms. The second kappa shape index (κ2) is 13.1. The van der Waals surface area contributed by atoms with Gasteiger partial charge in [-0.1, -0.05) is 30.3 Å². The number of ether oxygens (including phenoxy) is 2. The summed E-state index contributed by atoms with van der Waals surface area (Å²) in [5, 5.41) is 5.85. The fourth-order valence-electron chi connectivity index (χ4n) is 5.00. The van der Waals surface area contributed by atoms with Gasteiger partial charge in [-0.2, -0.15) is 0 Å². The first-order valence-electron chi connectivity index (χ1n) is 13.7. The molecule has 9 heteroatoms. The van der Waals surface area contributed by atoms with Gasteiger partial charge in [0.2, 0.25) is 0 Å². The van der Waals surface area contributed by atoms with E-state index in [0.717, 1.165) is 35.8 Å². The van der Waals surface area contributed by atoms with E-state index in [9.17, 15) is 14.0 Å². The minimum Gasteiger partial charge on any atom is -0.497 e. The topological polar surface area (TPSA) is 83.1 Å². The van der Waals surface area contributed by atoms with Crippen LogP contribution in [0.4, 0.5) is 21.5 Å². The highest BCUT2D eigenvalue weighted by molar-refractivity contribution is 6.06. The minimum absolute atomic E-state index is 0.237. The fraction of sp³-hybridized carbons (Fsp3) is 0.212. The number of benzene rings is 4. The zero-order chi connectivity index (χ0) is 29.5. The second-order valence-electron chi connectivity index (χ2n) is 9.87. The number of rotatable bonds is 9. The van der Waals surface area contributed by atoms with E-state index in [-0.39, 0.29) is 24.2 Å². The molecule has 1 heterocycles. The summed E-state index contributed by atoms with van der Waals surface area (Å²) in [6.45, 7) is 3.09. The van der Waals surface area contributed by atoms with Crippen molar-refractivity contribution in [2.24, 2.45) is 0 Å². The number of piperazine rings is 1. The molecule has 0 aromatic heterocycles. The van der Waals surface area contributed by atoms with Crippen LogP contribution in [0.1, 0.15) is 26.3 Å². The summed E-state index contributed by atoms with van der Waals surface area (Å²) in [5.41, 5.74) is 3.95. The zero-order valence-electron chi connectivity index (χ0n) is 23.6. The molecule has 0 bridgehead atoms. The van der Waals surface area contributed by atoms with Crippen molar-refractivity contribution >= 4 is 28.9 Å². The molecule has 4 aromatic carbocycles. The maximum atomic E-state index is 13.5. The Morgan fingerprint density at radius 2 is 1.48 bits per heavy atom. The third-order valence-electron chi connectivity index (χ3n) is 7.24. The molecule has 0 saturated carbocycles. The summed E-state index contributed by atoms with van der Waals surface area (Å²) in [6, 6.07) is 26.2. The number of hydrogen-bond acceptors (Lipinski definition) is 6. The van der Waals surface area contributed by atoms with Crippen LogP contribution in [0.2, 0.25) is 0 Å². The van der Waals surface area contributed by atoms with E-state index in [2.05, 4.69) is 20.4 Å². The first-order valence-corrected chi connectivity index (χ1v) is 13.7. The average Bonchev–Trinajstić information content (AvgIpc) is 3.04. The van der Waals surface area contributed by atoms with Crippen LogP contribution >= 0.6 is 0 Å².